The normalized spacial score (nSPS) is 16.4. The first kappa shape index (κ1) is 15.4. The molecule has 1 heterocycles. The Labute approximate surface area is 121 Å². The standard InChI is InChI=1S/C14H22N2O3S/c1-2-15(9-5-11-17)20(18,19)16-10-8-13-6-3-4-7-14(13)12-16/h3-4,6-7,17H,2,5,8-12H2,1H3. The molecule has 0 spiro atoms. The van der Waals surface area contributed by atoms with Crippen LogP contribution >= 0.6 is 0 Å². The first-order chi connectivity index (χ1) is 9.59. The highest BCUT2D eigenvalue weighted by Gasteiger charge is 2.30. The highest BCUT2D eigenvalue weighted by Crippen LogP contribution is 2.22. The lowest BCUT2D eigenvalue weighted by Crippen LogP contribution is -2.46. The van der Waals surface area contributed by atoms with E-state index >= 15 is 0 Å². The fraction of sp³-hybridized carbons (Fsp3) is 0.571. The molecule has 5 nitrogen and oxygen atoms in total. The Hall–Kier alpha value is -0.950. The maximum atomic E-state index is 12.6. The summed E-state index contributed by atoms with van der Waals surface area (Å²) >= 11 is 0. The summed E-state index contributed by atoms with van der Waals surface area (Å²) in [5, 5.41) is 8.88. The Morgan fingerprint density at radius 3 is 2.65 bits per heavy atom. The average molecular weight is 298 g/mol. The van der Waals surface area contributed by atoms with Gasteiger partial charge >= 0.3 is 0 Å². The molecule has 0 fully saturated rings. The van der Waals surface area contributed by atoms with Crippen LogP contribution in [-0.2, 0) is 23.2 Å². The summed E-state index contributed by atoms with van der Waals surface area (Å²) < 4.78 is 28.2. The molecule has 1 aliphatic heterocycles. The molecular weight excluding hydrogens is 276 g/mol. The third-order valence-electron chi connectivity index (χ3n) is 3.67. The summed E-state index contributed by atoms with van der Waals surface area (Å²) in [5.41, 5.74) is 2.32. The molecule has 1 N–H and O–H groups in total. The summed E-state index contributed by atoms with van der Waals surface area (Å²) in [5.74, 6) is 0. The Kier molecular flexibility index (Phi) is 5.15. The zero-order valence-electron chi connectivity index (χ0n) is 11.8. The van der Waals surface area contributed by atoms with Gasteiger partial charge in [0.15, 0.2) is 0 Å². The van der Waals surface area contributed by atoms with Crippen molar-refractivity contribution in [3.8, 4) is 0 Å². The van der Waals surface area contributed by atoms with E-state index in [1.54, 1.807) is 0 Å². The van der Waals surface area contributed by atoms with Crippen LogP contribution in [0.2, 0.25) is 0 Å². The van der Waals surface area contributed by atoms with E-state index in [9.17, 15) is 8.42 Å². The fourth-order valence-corrected chi connectivity index (χ4v) is 4.15. The van der Waals surface area contributed by atoms with Crippen molar-refractivity contribution in [1.82, 2.24) is 8.61 Å². The predicted molar refractivity (Wildman–Crippen MR) is 78.4 cm³/mol. The smallest absolute Gasteiger partial charge is 0.282 e. The van der Waals surface area contributed by atoms with Crippen LogP contribution in [0, 0.1) is 0 Å². The lowest BCUT2D eigenvalue weighted by atomic mass is 10.0. The van der Waals surface area contributed by atoms with Gasteiger partial charge in [-0.25, -0.2) is 0 Å². The second-order valence-electron chi connectivity index (χ2n) is 4.93. The van der Waals surface area contributed by atoms with Crippen molar-refractivity contribution in [2.75, 3.05) is 26.2 Å². The average Bonchev–Trinajstić information content (AvgIpc) is 2.47. The van der Waals surface area contributed by atoms with Gasteiger partial charge in [0.2, 0.25) is 0 Å². The number of hydrogen-bond donors (Lipinski definition) is 1. The number of nitrogens with zero attached hydrogens (tertiary/aromatic N) is 2. The van der Waals surface area contributed by atoms with Crippen LogP contribution in [0.25, 0.3) is 0 Å². The van der Waals surface area contributed by atoms with Crippen LogP contribution in [-0.4, -0.2) is 48.4 Å². The van der Waals surface area contributed by atoms with E-state index in [0.29, 0.717) is 32.6 Å². The first-order valence-corrected chi connectivity index (χ1v) is 8.42. The van der Waals surface area contributed by atoms with Gasteiger partial charge in [0.05, 0.1) is 0 Å². The molecule has 0 aliphatic carbocycles. The minimum absolute atomic E-state index is 0.00878. The van der Waals surface area contributed by atoms with Crippen molar-refractivity contribution >= 4 is 10.2 Å². The van der Waals surface area contributed by atoms with Crippen molar-refractivity contribution in [2.45, 2.75) is 26.3 Å². The van der Waals surface area contributed by atoms with Gasteiger partial charge in [-0.1, -0.05) is 31.2 Å². The summed E-state index contributed by atoms with van der Waals surface area (Å²) in [4.78, 5) is 0. The van der Waals surface area contributed by atoms with E-state index in [2.05, 4.69) is 6.07 Å². The molecule has 0 aromatic heterocycles. The quantitative estimate of drug-likeness (QED) is 0.852. The Bertz CT molecular complexity index is 545. The number of rotatable bonds is 6. The van der Waals surface area contributed by atoms with Gasteiger partial charge in [0, 0.05) is 32.8 Å². The topological polar surface area (TPSA) is 60.9 Å². The molecule has 1 aromatic rings. The summed E-state index contributed by atoms with van der Waals surface area (Å²) in [7, 11) is -3.43. The monoisotopic (exact) mass is 298 g/mol. The van der Waals surface area contributed by atoms with Gasteiger partial charge in [-0.15, -0.1) is 0 Å². The van der Waals surface area contributed by atoms with Crippen molar-refractivity contribution < 1.29 is 13.5 Å². The second-order valence-corrected chi connectivity index (χ2v) is 6.86. The number of hydrogen-bond acceptors (Lipinski definition) is 3. The van der Waals surface area contributed by atoms with Crippen LogP contribution < -0.4 is 0 Å². The first-order valence-electron chi connectivity index (χ1n) is 7.02. The van der Waals surface area contributed by atoms with Crippen LogP contribution in [0.3, 0.4) is 0 Å². The number of fused-ring (bicyclic) bond motifs is 1. The highest BCUT2D eigenvalue weighted by atomic mass is 32.2. The Morgan fingerprint density at radius 2 is 2.00 bits per heavy atom. The van der Waals surface area contributed by atoms with Crippen LogP contribution in [0.5, 0.6) is 0 Å². The molecule has 0 bridgehead atoms. The molecule has 0 saturated carbocycles. The summed E-state index contributed by atoms with van der Waals surface area (Å²) in [6.07, 6.45) is 1.23. The highest BCUT2D eigenvalue weighted by molar-refractivity contribution is 7.86. The molecule has 0 atom stereocenters. The van der Waals surface area contributed by atoms with E-state index in [1.165, 1.54) is 14.2 Å². The van der Waals surface area contributed by atoms with E-state index < -0.39 is 10.2 Å². The van der Waals surface area contributed by atoms with Gasteiger partial charge in [-0.05, 0) is 24.0 Å². The minimum Gasteiger partial charge on any atom is -0.396 e. The van der Waals surface area contributed by atoms with Gasteiger partial charge in [0.25, 0.3) is 10.2 Å². The molecule has 0 unspecified atom stereocenters. The SMILES string of the molecule is CCN(CCCO)S(=O)(=O)N1CCc2ccccc2C1. The van der Waals surface area contributed by atoms with Crippen molar-refractivity contribution in [2.24, 2.45) is 0 Å². The molecule has 0 radical (unpaired) electrons. The zero-order valence-corrected chi connectivity index (χ0v) is 12.6. The minimum atomic E-state index is -3.43. The molecule has 1 aromatic carbocycles. The fourth-order valence-electron chi connectivity index (χ4n) is 2.51. The van der Waals surface area contributed by atoms with E-state index in [-0.39, 0.29) is 6.61 Å². The summed E-state index contributed by atoms with van der Waals surface area (Å²) in [6, 6.07) is 7.98. The van der Waals surface area contributed by atoms with Gasteiger partial charge in [0.1, 0.15) is 0 Å². The number of benzene rings is 1. The largest absolute Gasteiger partial charge is 0.396 e. The molecule has 2 rings (SSSR count). The van der Waals surface area contributed by atoms with Crippen molar-refractivity contribution in [3.63, 3.8) is 0 Å². The Morgan fingerprint density at radius 1 is 1.30 bits per heavy atom. The molecule has 1 aliphatic rings. The molecular formula is C14H22N2O3S. The predicted octanol–water partition coefficient (Wildman–Crippen LogP) is 0.994. The van der Waals surface area contributed by atoms with Crippen LogP contribution in [0.4, 0.5) is 0 Å². The molecule has 0 saturated heterocycles. The second kappa shape index (κ2) is 6.67. The maximum Gasteiger partial charge on any atom is 0.282 e. The van der Waals surface area contributed by atoms with Crippen molar-refractivity contribution in [3.05, 3.63) is 35.4 Å². The van der Waals surface area contributed by atoms with E-state index in [4.69, 9.17) is 5.11 Å². The maximum absolute atomic E-state index is 12.6. The summed E-state index contributed by atoms with van der Waals surface area (Å²) in [6.45, 7) is 3.60. The van der Waals surface area contributed by atoms with Gasteiger partial charge < -0.3 is 5.11 Å². The zero-order chi connectivity index (χ0) is 14.6. The van der Waals surface area contributed by atoms with E-state index in [0.717, 1.165) is 12.0 Å². The van der Waals surface area contributed by atoms with Crippen LogP contribution in [0.15, 0.2) is 24.3 Å². The lowest BCUT2D eigenvalue weighted by molar-refractivity contribution is 0.263. The van der Waals surface area contributed by atoms with E-state index in [1.807, 2.05) is 25.1 Å². The molecule has 6 heteroatoms. The van der Waals surface area contributed by atoms with Gasteiger partial charge in [-0.2, -0.15) is 17.0 Å². The number of aliphatic hydroxyl groups is 1. The number of aliphatic hydroxyl groups excluding tert-OH is 1. The third-order valence-corrected chi connectivity index (χ3v) is 5.72. The molecule has 20 heavy (non-hydrogen) atoms. The third kappa shape index (κ3) is 3.20. The van der Waals surface area contributed by atoms with Crippen molar-refractivity contribution in [1.29, 1.82) is 0 Å². The van der Waals surface area contributed by atoms with Gasteiger partial charge in [-0.3, -0.25) is 0 Å². The molecule has 0 amide bonds. The van der Waals surface area contributed by atoms with Crippen LogP contribution in [0.1, 0.15) is 24.5 Å². The molecule has 112 valence electrons. The Balaban J connectivity index is 2.15. The lowest BCUT2D eigenvalue weighted by Gasteiger charge is -2.32.